The standard InChI is InChI=1S/C27H28ClFN4O3S/c1-36-24(34)16-17-4-9-22(21(29)15-17)30-26-25-23(3-2-14-37(25)35)31-27(32-26)33-12-10-19(11-13-33)18-5-7-20(28)8-6-18/h4-9,15,19H,2-3,10-14,16H2,1H3,(H,30,31,32)/t37-/m1/s1. The van der Waals surface area contributed by atoms with E-state index in [2.05, 4.69) is 27.1 Å². The number of rotatable bonds is 6. The van der Waals surface area contributed by atoms with Gasteiger partial charge in [0.05, 0.1) is 35.7 Å². The lowest BCUT2D eigenvalue weighted by molar-refractivity contribution is -0.139. The number of benzene rings is 2. The van der Waals surface area contributed by atoms with Crippen molar-refractivity contribution < 1.29 is 18.1 Å². The number of carbonyl (C=O) groups is 1. The Bertz CT molecular complexity index is 1330. The first kappa shape index (κ1) is 25.6. The van der Waals surface area contributed by atoms with Crippen LogP contribution in [-0.2, 0) is 33.2 Å². The summed E-state index contributed by atoms with van der Waals surface area (Å²) in [6.45, 7) is 1.57. The van der Waals surface area contributed by atoms with Crippen LogP contribution in [0.1, 0.15) is 42.0 Å². The maximum atomic E-state index is 15.0. The number of hydrogen-bond donors (Lipinski definition) is 1. The molecule has 0 amide bonds. The number of esters is 1. The number of ether oxygens (including phenoxy) is 1. The van der Waals surface area contributed by atoms with Gasteiger partial charge in [-0.05, 0) is 67.0 Å². The lowest BCUT2D eigenvalue weighted by Gasteiger charge is -2.33. The third-order valence-electron chi connectivity index (χ3n) is 6.88. The number of nitrogens with zero attached hydrogens (tertiary/aromatic N) is 3. The van der Waals surface area contributed by atoms with E-state index in [1.807, 2.05) is 12.1 Å². The molecule has 1 fully saturated rings. The molecule has 3 aromatic rings. The molecule has 37 heavy (non-hydrogen) atoms. The Hall–Kier alpha value is -3.04. The lowest BCUT2D eigenvalue weighted by Crippen LogP contribution is -2.35. The molecule has 3 heterocycles. The lowest BCUT2D eigenvalue weighted by atomic mass is 9.89. The van der Waals surface area contributed by atoms with Crippen LogP contribution in [0.2, 0.25) is 5.02 Å². The van der Waals surface area contributed by atoms with Gasteiger partial charge in [-0.2, -0.15) is 4.98 Å². The summed E-state index contributed by atoms with van der Waals surface area (Å²) in [5.74, 6) is 0.937. The van der Waals surface area contributed by atoms with E-state index < -0.39 is 22.6 Å². The van der Waals surface area contributed by atoms with Gasteiger partial charge in [-0.15, -0.1) is 0 Å². The van der Waals surface area contributed by atoms with Gasteiger partial charge in [-0.25, -0.2) is 9.37 Å². The average Bonchev–Trinajstić information content (AvgIpc) is 2.90. The van der Waals surface area contributed by atoms with Gasteiger partial charge in [-0.3, -0.25) is 9.00 Å². The molecule has 0 spiro atoms. The van der Waals surface area contributed by atoms with E-state index in [1.165, 1.54) is 18.7 Å². The second kappa shape index (κ2) is 11.1. The second-order valence-corrected chi connectivity index (χ2v) is 11.3. The monoisotopic (exact) mass is 542 g/mol. The first-order valence-corrected chi connectivity index (χ1v) is 14.0. The zero-order valence-corrected chi connectivity index (χ0v) is 22.1. The van der Waals surface area contributed by atoms with Crippen molar-refractivity contribution in [2.75, 3.05) is 36.2 Å². The van der Waals surface area contributed by atoms with E-state index in [0.717, 1.165) is 43.1 Å². The molecule has 2 aliphatic rings. The van der Waals surface area contributed by atoms with E-state index in [-0.39, 0.29) is 12.1 Å². The number of aromatic nitrogens is 2. The molecule has 7 nitrogen and oxygen atoms in total. The molecule has 2 aliphatic heterocycles. The summed E-state index contributed by atoms with van der Waals surface area (Å²) < 4.78 is 32.5. The number of methoxy groups -OCH3 is 1. The molecule has 5 rings (SSSR count). The van der Waals surface area contributed by atoms with E-state index in [0.29, 0.717) is 40.3 Å². The Kier molecular flexibility index (Phi) is 7.71. The van der Waals surface area contributed by atoms with E-state index in [4.69, 9.17) is 21.6 Å². The zero-order valence-electron chi connectivity index (χ0n) is 20.5. The van der Waals surface area contributed by atoms with E-state index in [1.54, 1.807) is 12.1 Å². The first-order chi connectivity index (χ1) is 17.9. The van der Waals surface area contributed by atoms with Gasteiger partial charge in [0.1, 0.15) is 10.7 Å². The normalized spacial score (nSPS) is 17.8. The van der Waals surface area contributed by atoms with Crippen LogP contribution in [0, 0.1) is 5.82 Å². The SMILES string of the molecule is COC(=O)Cc1ccc(Nc2nc(N3CCC(c4ccc(Cl)cc4)CC3)nc3c2[S@](=O)CCC3)c(F)c1. The molecular weight excluding hydrogens is 515 g/mol. The van der Waals surface area contributed by atoms with Crippen LogP contribution in [0.4, 0.5) is 21.8 Å². The average molecular weight is 543 g/mol. The predicted octanol–water partition coefficient (Wildman–Crippen LogP) is 5.17. The van der Waals surface area contributed by atoms with Crippen molar-refractivity contribution in [2.45, 2.75) is 42.9 Å². The highest BCUT2D eigenvalue weighted by Gasteiger charge is 2.28. The van der Waals surface area contributed by atoms with Crippen LogP contribution in [0.3, 0.4) is 0 Å². The molecule has 0 saturated carbocycles. The van der Waals surface area contributed by atoms with Gasteiger partial charge in [0.15, 0.2) is 5.82 Å². The smallest absolute Gasteiger partial charge is 0.309 e. The highest BCUT2D eigenvalue weighted by atomic mass is 35.5. The van der Waals surface area contributed by atoms with Gasteiger partial charge < -0.3 is 15.0 Å². The molecule has 1 saturated heterocycles. The molecule has 0 unspecified atom stereocenters. The largest absolute Gasteiger partial charge is 0.469 e. The number of carbonyl (C=O) groups excluding carboxylic acids is 1. The number of piperidine rings is 1. The van der Waals surface area contributed by atoms with Crippen LogP contribution in [0.5, 0.6) is 0 Å². The molecule has 10 heteroatoms. The highest BCUT2D eigenvalue weighted by molar-refractivity contribution is 7.85. The summed E-state index contributed by atoms with van der Waals surface area (Å²) in [5, 5.41) is 3.80. The summed E-state index contributed by atoms with van der Waals surface area (Å²) in [6.07, 6.45) is 3.37. The minimum Gasteiger partial charge on any atom is -0.469 e. The maximum Gasteiger partial charge on any atom is 0.309 e. The van der Waals surface area contributed by atoms with Crippen LogP contribution < -0.4 is 10.2 Å². The molecule has 0 radical (unpaired) electrons. The molecule has 1 N–H and O–H groups in total. The third kappa shape index (κ3) is 5.78. The van der Waals surface area contributed by atoms with Crippen LogP contribution >= 0.6 is 11.6 Å². The third-order valence-corrected chi connectivity index (χ3v) is 8.67. The maximum absolute atomic E-state index is 15.0. The minimum absolute atomic E-state index is 0.0171. The fraction of sp³-hybridized carbons (Fsp3) is 0.370. The first-order valence-electron chi connectivity index (χ1n) is 12.3. The quantitative estimate of drug-likeness (QED) is 0.430. The van der Waals surface area contributed by atoms with Crippen molar-refractivity contribution in [1.29, 1.82) is 0 Å². The Morgan fingerprint density at radius 1 is 1.19 bits per heavy atom. The fourth-order valence-electron chi connectivity index (χ4n) is 4.88. The second-order valence-electron chi connectivity index (χ2n) is 9.31. The van der Waals surface area contributed by atoms with Crippen molar-refractivity contribution in [1.82, 2.24) is 9.97 Å². The van der Waals surface area contributed by atoms with Crippen LogP contribution in [0.25, 0.3) is 0 Å². The number of halogens is 2. The van der Waals surface area contributed by atoms with Crippen molar-refractivity contribution in [3.05, 3.63) is 70.1 Å². The summed E-state index contributed by atoms with van der Waals surface area (Å²) in [4.78, 5) is 23.8. The van der Waals surface area contributed by atoms with Crippen LogP contribution in [-0.4, -0.2) is 46.1 Å². The molecule has 1 atom stereocenters. The van der Waals surface area contributed by atoms with Crippen molar-refractivity contribution in [3.8, 4) is 0 Å². The number of nitrogens with one attached hydrogen (secondary N) is 1. The topological polar surface area (TPSA) is 84.4 Å². The zero-order chi connectivity index (χ0) is 25.9. The van der Waals surface area contributed by atoms with Gasteiger partial charge in [0.25, 0.3) is 0 Å². The van der Waals surface area contributed by atoms with Crippen molar-refractivity contribution in [3.63, 3.8) is 0 Å². The molecule has 1 aromatic heterocycles. The Morgan fingerprint density at radius 2 is 1.95 bits per heavy atom. The Morgan fingerprint density at radius 3 is 2.65 bits per heavy atom. The minimum atomic E-state index is -1.27. The van der Waals surface area contributed by atoms with E-state index in [9.17, 15) is 13.4 Å². The molecule has 194 valence electrons. The van der Waals surface area contributed by atoms with Crippen molar-refractivity contribution >= 4 is 45.8 Å². The highest BCUT2D eigenvalue weighted by Crippen LogP contribution is 2.34. The number of hydrogen-bond acceptors (Lipinski definition) is 7. The number of anilines is 3. The predicted molar refractivity (Wildman–Crippen MR) is 143 cm³/mol. The molecule has 2 aromatic carbocycles. The summed E-state index contributed by atoms with van der Waals surface area (Å²) in [5.41, 5.74) is 2.73. The van der Waals surface area contributed by atoms with Gasteiger partial charge in [-0.1, -0.05) is 29.8 Å². The summed E-state index contributed by atoms with van der Waals surface area (Å²) in [6, 6.07) is 12.5. The van der Waals surface area contributed by atoms with Crippen LogP contribution in [0.15, 0.2) is 47.4 Å². The van der Waals surface area contributed by atoms with E-state index >= 15 is 0 Å². The number of aryl methyl sites for hydroxylation is 1. The Labute approximate surface area is 222 Å². The summed E-state index contributed by atoms with van der Waals surface area (Å²) >= 11 is 6.04. The molecular formula is C27H28ClFN4O3S. The van der Waals surface area contributed by atoms with Crippen molar-refractivity contribution in [2.24, 2.45) is 0 Å². The summed E-state index contributed by atoms with van der Waals surface area (Å²) in [7, 11) is 0.0297. The Balaban J connectivity index is 1.39. The molecule has 0 aliphatic carbocycles. The number of fused-ring (bicyclic) bond motifs is 1. The molecule has 0 bridgehead atoms. The fourth-order valence-corrected chi connectivity index (χ4v) is 6.34. The van der Waals surface area contributed by atoms with Gasteiger partial charge in [0, 0.05) is 23.9 Å². The van der Waals surface area contributed by atoms with Gasteiger partial charge >= 0.3 is 5.97 Å². The van der Waals surface area contributed by atoms with Gasteiger partial charge in [0.2, 0.25) is 5.95 Å².